The lowest BCUT2D eigenvalue weighted by molar-refractivity contribution is -0.117. The zero-order valence-electron chi connectivity index (χ0n) is 10.4. The van der Waals surface area contributed by atoms with Crippen molar-refractivity contribution in [2.45, 2.75) is 19.8 Å². The molecule has 0 radical (unpaired) electrons. The molecule has 0 unspecified atom stereocenters. The molecule has 0 aliphatic heterocycles. The number of hydrogen-bond donors (Lipinski definition) is 1. The topological polar surface area (TPSA) is 47.6 Å². The summed E-state index contributed by atoms with van der Waals surface area (Å²) in [7, 11) is 3.18. The average Bonchev–Trinajstić information content (AvgIpc) is 3.15. The van der Waals surface area contributed by atoms with Crippen LogP contribution in [0.15, 0.2) is 12.1 Å². The van der Waals surface area contributed by atoms with Crippen molar-refractivity contribution in [2.75, 3.05) is 19.5 Å². The van der Waals surface area contributed by atoms with Crippen molar-refractivity contribution in [2.24, 2.45) is 5.92 Å². The van der Waals surface area contributed by atoms with Gasteiger partial charge >= 0.3 is 0 Å². The molecule has 1 saturated carbocycles. The standard InChI is InChI=1S/C13H17NO3/c1-8-6-11(16-2)12(17-3)7-10(8)14-13(15)9-4-5-9/h6-7,9H,4-5H2,1-3H3,(H,14,15). The Morgan fingerprint density at radius 3 is 2.35 bits per heavy atom. The van der Waals surface area contributed by atoms with Crippen LogP contribution in [0, 0.1) is 12.8 Å². The molecule has 0 saturated heterocycles. The van der Waals surface area contributed by atoms with Crippen molar-refractivity contribution in [3.8, 4) is 11.5 Å². The first-order chi connectivity index (χ1) is 8.15. The van der Waals surface area contributed by atoms with Crippen LogP contribution in [0.2, 0.25) is 0 Å². The number of rotatable bonds is 4. The Balaban J connectivity index is 2.23. The quantitative estimate of drug-likeness (QED) is 0.871. The smallest absolute Gasteiger partial charge is 0.227 e. The molecule has 4 nitrogen and oxygen atoms in total. The number of carbonyl (C=O) groups is 1. The van der Waals surface area contributed by atoms with Crippen molar-refractivity contribution in [3.63, 3.8) is 0 Å². The van der Waals surface area contributed by atoms with Crippen molar-refractivity contribution >= 4 is 11.6 Å². The highest BCUT2D eigenvalue weighted by atomic mass is 16.5. The molecule has 4 heteroatoms. The van der Waals surface area contributed by atoms with E-state index in [9.17, 15) is 4.79 Å². The Morgan fingerprint density at radius 2 is 1.82 bits per heavy atom. The number of anilines is 1. The Hall–Kier alpha value is -1.71. The first-order valence-electron chi connectivity index (χ1n) is 5.69. The lowest BCUT2D eigenvalue weighted by Crippen LogP contribution is -2.14. The lowest BCUT2D eigenvalue weighted by atomic mass is 10.1. The maximum atomic E-state index is 11.7. The van der Waals surface area contributed by atoms with E-state index in [2.05, 4.69) is 5.32 Å². The number of aryl methyl sites for hydroxylation is 1. The largest absolute Gasteiger partial charge is 0.493 e. The van der Waals surface area contributed by atoms with Gasteiger partial charge < -0.3 is 14.8 Å². The van der Waals surface area contributed by atoms with E-state index in [1.807, 2.05) is 13.0 Å². The van der Waals surface area contributed by atoms with E-state index in [1.165, 1.54) is 0 Å². The Bertz CT molecular complexity index is 439. The second kappa shape index (κ2) is 4.65. The molecule has 1 aliphatic rings. The molecule has 92 valence electrons. The van der Waals surface area contributed by atoms with E-state index in [-0.39, 0.29) is 11.8 Å². The molecule has 0 spiro atoms. The van der Waals surface area contributed by atoms with Gasteiger partial charge in [0.1, 0.15) is 0 Å². The molecule has 1 aromatic carbocycles. The third-order valence-electron chi connectivity index (χ3n) is 2.94. The molecule has 2 rings (SSSR count). The summed E-state index contributed by atoms with van der Waals surface area (Å²) in [4.78, 5) is 11.7. The molecule has 1 aliphatic carbocycles. The van der Waals surface area contributed by atoms with Crippen molar-refractivity contribution in [1.29, 1.82) is 0 Å². The molecule has 0 heterocycles. The van der Waals surface area contributed by atoms with Crippen LogP contribution in [0.3, 0.4) is 0 Å². The average molecular weight is 235 g/mol. The van der Waals surface area contributed by atoms with Gasteiger partial charge in [0.05, 0.1) is 14.2 Å². The van der Waals surface area contributed by atoms with E-state index in [0.717, 1.165) is 24.1 Å². The van der Waals surface area contributed by atoms with Gasteiger partial charge in [-0.05, 0) is 31.4 Å². The fraction of sp³-hybridized carbons (Fsp3) is 0.462. The van der Waals surface area contributed by atoms with Gasteiger partial charge in [-0.3, -0.25) is 4.79 Å². The third-order valence-corrected chi connectivity index (χ3v) is 2.94. The number of carbonyl (C=O) groups excluding carboxylic acids is 1. The predicted molar refractivity (Wildman–Crippen MR) is 65.6 cm³/mol. The van der Waals surface area contributed by atoms with Crippen LogP contribution in [-0.2, 0) is 4.79 Å². The summed E-state index contributed by atoms with van der Waals surface area (Å²) in [6.07, 6.45) is 2.00. The number of ether oxygens (including phenoxy) is 2. The minimum atomic E-state index is 0.0975. The van der Waals surface area contributed by atoms with Gasteiger partial charge in [0, 0.05) is 17.7 Å². The Morgan fingerprint density at radius 1 is 1.24 bits per heavy atom. The fourth-order valence-electron chi connectivity index (χ4n) is 1.70. The highest BCUT2D eigenvalue weighted by Gasteiger charge is 2.29. The fourth-order valence-corrected chi connectivity index (χ4v) is 1.70. The summed E-state index contributed by atoms with van der Waals surface area (Å²) < 4.78 is 10.4. The lowest BCUT2D eigenvalue weighted by Gasteiger charge is -2.13. The number of methoxy groups -OCH3 is 2. The van der Waals surface area contributed by atoms with E-state index >= 15 is 0 Å². The number of nitrogens with one attached hydrogen (secondary N) is 1. The van der Waals surface area contributed by atoms with E-state index in [4.69, 9.17) is 9.47 Å². The molecule has 0 aromatic heterocycles. The normalized spacial score (nSPS) is 14.3. The summed E-state index contributed by atoms with van der Waals surface area (Å²) in [6, 6.07) is 3.66. The minimum absolute atomic E-state index is 0.0975. The van der Waals surface area contributed by atoms with Gasteiger partial charge in [-0.25, -0.2) is 0 Å². The van der Waals surface area contributed by atoms with Crippen LogP contribution < -0.4 is 14.8 Å². The third kappa shape index (κ3) is 2.52. The maximum absolute atomic E-state index is 11.7. The molecule has 17 heavy (non-hydrogen) atoms. The molecule has 0 bridgehead atoms. The summed E-state index contributed by atoms with van der Waals surface area (Å²) in [6.45, 7) is 1.93. The molecule has 1 aromatic rings. The van der Waals surface area contributed by atoms with Gasteiger partial charge in [0.25, 0.3) is 0 Å². The second-order valence-corrected chi connectivity index (χ2v) is 4.29. The summed E-state index contributed by atoms with van der Waals surface area (Å²) >= 11 is 0. The molecule has 1 N–H and O–H groups in total. The number of hydrogen-bond acceptors (Lipinski definition) is 3. The maximum Gasteiger partial charge on any atom is 0.227 e. The first kappa shape index (κ1) is 11.8. The van der Waals surface area contributed by atoms with Gasteiger partial charge in [-0.15, -0.1) is 0 Å². The second-order valence-electron chi connectivity index (χ2n) is 4.29. The molecule has 1 fully saturated rings. The van der Waals surface area contributed by atoms with Crippen LogP contribution in [0.25, 0.3) is 0 Å². The highest BCUT2D eigenvalue weighted by Crippen LogP contribution is 2.35. The zero-order chi connectivity index (χ0) is 12.4. The minimum Gasteiger partial charge on any atom is -0.493 e. The van der Waals surface area contributed by atoms with Gasteiger partial charge in [-0.1, -0.05) is 0 Å². The van der Waals surface area contributed by atoms with E-state index in [0.29, 0.717) is 11.5 Å². The van der Waals surface area contributed by atoms with Crippen molar-refractivity contribution in [3.05, 3.63) is 17.7 Å². The van der Waals surface area contributed by atoms with Crippen LogP contribution in [-0.4, -0.2) is 20.1 Å². The first-order valence-corrected chi connectivity index (χ1v) is 5.69. The molecule has 0 atom stereocenters. The van der Waals surface area contributed by atoms with Crippen LogP contribution in [0.1, 0.15) is 18.4 Å². The molecular formula is C13H17NO3. The van der Waals surface area contributed by atoms with Gasteiger partial charge in [0.2, 0.25) is 5.91 Å². The van der Waals surface area contributed by atoms with Gasteiger partial charge in [-0.2, -0.15) is 0 Å². The molecule has 1 amide bonds. The van der Waals surface area contributed by atoms with Crippen molar-refractivity contribution < 1.29 is 14.3 Å². The number of benzene rings is 1. The number of amides is 1. The van der Waals surface area contributed by atoms with Crippen LogP contribution in [0.4, 0.5) is 5.69 Å². The Kier molecular flexibility index (Phi) is 3.22. The molecular weight excluding hydrogens is 218 g/mol. The van der Waals surface area contributed by atoms with Crippen LogP contribution >= 0.6 is 0 Å². The summed E-state index contributed by atoms with van der Waals surface area (Å²) in [5.74, 6) is 1.60. The van der Waals surface area contributed by atoms with Crippen molar-refractivity contribution in [1.82, 2.24) is 0 Å². The van der Waals surface area contributed by atoms with E-state index < -0.39 is 0 Å². The summed E-state index contributed by atoms with van der Waals surface area (Å²) in [5, 5.41) is 2.92. The Labute approximate surface area is 101 Å². The zero-order valence-corrected chi connectivity index (χ0v) is 10.4. The van der Waals surface area contributed by atoms with Crippen LogP contribution in [0.5, 0.6) is 11.5 Å². The predicted octanol–water partition coefficient (Wildman–Crippen LogP) is 2.36. The SMILES string of the molecule is COc1cc(C)c(NC(=O)C2CC2)cc1OC. The highest BCUT2D eigenvalue weighted by molar-refractivity contribution is 5.95. The van der Waals surface area contributed by atoms with Gasteiger partial charge in [0.15, 0.2) is 11.5 Å². The van der Waals surface area contributed by atoms with E-state index in [1.54, 1.807) is 20.3 Å². The monoisotopic (exact) mass is 235 g/mol. The summed E-state index contributed by atoms with van der Waals surface area (Å²) in [5.41, 5.74) is 1.76.